The van der Waals surface area contributed by atoms with Crippen molar-refractivity contribution in [3.63, 3.8) is 0 Å². The fourth-order valence-corrected chi connectivity index (χ4v) is 2.33. The molecule has 1 aliphatic rings. The second kappa shape index (κ2) is 7.38. The average molecular weight is 297 g/mol. The summed E-state index contributed by atoms with van der Waals surface area (Å²) < 4.78 is 29.7. The Kier molecular flexibility index (Phi) is 5.52. The van der Waals surface area contributed by atoms with Crippen LogP contribution in [-0.4, -0.2) is 57.4 Å². The van der Waals surface area contributed by atoms with Crippen molar-refractivity contribution >= 4 is 5.91 Å². The average Bonchev–Trinajstić information content (AvgIpc) is 2.53. The van der Waals surface area contributed by atoms with Gasteiger partial charge in [-0.05, 0) is 18.6 Å². The molecule has 5 nitrogen and oxygen atoms in total. The van der Waals surface area contributed by atoms with Crippen molar-refractivity contribution < 1.29 is 23.4 Å². The maximum atomic E-state index is 14.2. The van der Waals surface area contributed by atoms with Crippen molar-refractivity contribution in [2.45, 2.75) is 12.5 Å². The molecule has 0 spiro atoms. The summed E-state index contributed by atoms with van der Waals surface area (Å²) in [7, 11) is 3.00. The van der Waals surface area contributed by atoms with Crippen molar-refractivity contribution in [1.29, 1.82) is 0 Å². The van der Waals surface area contributed by atoms with E-state index in [1.54, 1.807) is 18.1 Å². The molecule has 1 fully saturated rings. The maximum Gasteiger partial charge on any atom is 0.257 e. The Balaban J connectivity index is 2.09. The number of rotatable bonds is 5. The van der Waals surface area contributed by atoms with Gasteiger partial charge in [-0.15, -0.1) is 0 Å². The molecule has 1 aliphatic heterocycles. The quantitative estimate of drug-likeness (QED) is 0.830. The van der Waals surface area contributed by atoms with E-state index >= 15 is 0 Å². The number of carbonyl (C=O) groups excluding carboxylic acids is 1. The lowest BCUT2D eigenvalue weighted by Crippen LogP contribution is -2.46. The van der Waals surface area contributed by atoms with Crippen molar-refractivity contribution in [3.8, 4) is 5.75 Å². The minimum absolute atomic E-state index is 0.0294. The molecule has 21 heavy (non-hydrogen) atoms. The Morgan fingerprint density at radius 2 is 2.29 bits per heavy atom. The van der Waals surface area contributed by atoms with Gasteiger partial charge in [-0.25, -0.2) is 4.39 Å². The molecule has 2 rings (SSSR count). The highest BCUT2D eigenvalue weighted by Gasteiger charge is 2.27. The summed E-state index contributed by atoms with van der Waals surface area (Å²) in [4.78, 5) is 14.1. The van der Waals surface area contributed by atoms with Crippen molar-refractivity contribution in [2.75, 3.05) is 40.5 Å². The number of methoxy groups -OCH3 is 2. The molecule has 0 unspecified atom stereocenters. The fourth-order valence-electron chi connectivity index (χ4n) is 2.33. The third-order valence-corrected chi connectivity index (χ3v) is 3.48. The van der Waals surface area contributed by atoms with Gasteiger partial charge >= 0.3 is 0 Å². The molecule has 1 amide bonds. The van der Waals surface area contributed by atoms with Crippen LogP contribution in [0, 0.1) is 5.82 Å². The molecule has 6 heteroatoms. The van der Waals surface area contributed by atoms with Gasteiger partial charge in [0.05, 0.1) is 25.4 Å². The van der Waals surface area contributed by atoms with Gasteiger partial charge in [0.25, 0.3) is 5.91 Å². The van der Waals surface area contributed by atoms with Crippen LogP contribution in [0.4, 0.5) is 4.39 Å². The first-order chi connectivity index (χ1) is 10.2. The minimum atomic E-state index is -0.620. The van der Waals surface area contributed by atoms with Crippen LogP contribution in [-0.2, 0) is 9.47 Å². The monoisotopic (exact) mass is 297 g/mol. The number of carbonyl (C=O) groups is 1. The predicted octanol–water partition coefficient (Wildman–Crippen LogP) is 1.71. The molecule has 0 N–H and O–H groups in total. The standard InChI is InChI=1S/C15H20FNO4/c1-19-8-6-11-10-17(7-9-21-11)15(18)12-4-3-5-13(20-2)14(12)16/h3-5,11H,6-10H2,1-2H3/t11-/m1/s1. The molecular weight excluding hydrogens is 277 g/mol. The van der Waals surface area contributed by atoms with Crippen molar-refractivity contribution in [2.24, 2.45) is 0 Å². The first-order valence-corrected chi connectivity index (χ1v) is 6.89. The zero-order chi connectivity index (χ0) is 15.2. The Morgan fingerprint density at radius 3 is 3.00 bits per heavy atom. The van der Waals surface area contributed by atoms with E-state index in [9.17, 15) is 9.18 Å². The van der Waals surface area contributed by atoms with Crippen LogP contribution in [0.3, 0.4) is 0 Å². The Bertz CT molecular complexity index is 495. The highest BCUT2D eigenvalue weighted by molar-refractivity contribution is 5.95. The smallest absolute Gasteiger partial charge is 0.257 e. The zero-order valence-corrected chi connectivity index (χ0v) is 12.3. The summed E-state index contributed by atoms with van der Waals surface area (Å²) >= 11 is 0. The predicted molar refractivity (Wildman–Crippen MR) is 75.1 cm³/mol. The minimum Gasteiger partial charge on any atom is -0.494 e. The number of benzene rings is 1. The van der Waals surface area contributed by atoms with Gasteiger partial charge in [-0.3, -0.25) is 4.79 Å². The lowest BCUT2D eigenvalue weighted by Gasteiger charge is -2.33. The van der Waals surface area contributed by atoms with E-state index < -0.39 is 5.82 Å². The molecular formula is C15H20FNO4. The SMILES string of the molecule is COCC[C@@H]1CN(C(=O)c2cccc(OC)c2F)CCO1. The summed E-state index contributed by atoms with van der Waals surface area (Å²) in [5, 5.41) is 0. The highest BCUT2D eigenvalue weighted by atomic mass is 19.1. The third-order valence-electron chi connectivity index (χ3n) is 3.48. The Morgan fingerprint density at radius 1 is 1.48 bits per heavy atom. The van der Waals surface area contributed by atoms with E-state index in [0.717, 1.165) is 0 Å². The van der Waals surface area contributed by atoms with Crippen LogP contribution in [0.25, 0.3) is 0 Å². The van der Waals surface area contributed by atoms with E-state index in [0.29, 0.717) is 32.7 Å². The first kappa shape index (κ1) is 15.7. The number of ether oxygens (including phenoxy) is 3. The number of hydrogen-bond donors (Lipinski definition) is 0. The summed E-state index contributed by atoms with van der Waals surface area (Å²) in [5.41, 5.74) is 0.0294. The molecule has 1 atom stereocenters. The fraction of sp³-hybridized carbons (Fsp3) is 0.533. The van der Waals surface area contributed by atoms with Crippen molar-refractivity contribution in [3.05, 3.63) is 29.6 Å². The molecule has 1 heterocycles. The van der Waals surface area contributed by atoms with Crippen molar-refractivity contribution in [1.82, 2.24) is 4.90 Å². The topological polar surface area (TPSA) is 48.0 Å². The molecule has 0 saturated carbocycles. The van der Waals surface area contributed by atoms with Crippen LogP contribution in [0.1, 0.15) is 16.8 Å². The highest BCUT2D eigenvalue weighted by Crippen LogP contribution is 2.22. The Hall–Kier alpha value is -1.66. The first-order valence-electron chi connectivity index (χ1n) is 6.89. The molecule has 1 aromatic rings. The molecule has 0 aromatic heterocycles. The van der Waals surface area contributed by atoms with Crippen LogP contribution >= 0.6 is 0 Å². The van der Waals surface area contributed by atoms with Crippen LogP contribution < -0.4 is 4.74 Å². The lowest BCUT2D eigenvalue weighted by molar-refractivity contribution is -0.0334. The maximum absolute atomic E-state index is 14.2. The van der Waals surface area contributed by atoms with E-state index in [1.165, 1.54) is 19.2 Å². The summed E-state index contributed by atoms with van der Waals surface area (Å²) in [6, 6.07) is 4.57. The molecule has 1 aromatic carbocycles. The van der Waals surface area contributed by atoms with Gasteiger partial charge in [0.15, 0.2) is 11.6 Å². The van der Waals surface area contributed by atoms with Gasteiger partial charge < -0.3 is 19.1 Å². The van der Waals surface area contributed by atoms with Gasteiger partial charge in [-0.2, -0.15) is 0 Å². The second-order valence-electron chi connectivity index (χ2n) is 4.85. The van der Waals surface area contributed by atoms with Gasteiger partial charge in [-0.1, -0.05) is 6.07 Å². The summed E-state index contributed by atoms with van der Waals surface area (Å²) in [6.07, 6.45) is 0.636. The Labute approximate surface area is 123 Å². The van der Waals surface area contributed by atoms with Crippen LogP contribution in [0.15, 0.2) is 18.2 Å². The molecule has 0 bridgehead atoms. The number of morpholine rings is 1. The third kappa shape index (κ3) is 3.71. The van der Waals surface area contributed by atoms with E-state index in [2.05, 4.69) is 0 Å². The number of halogens is 1. The zero-order valence-electron chi connectivity index (χ0n) is 12.3. The van der Waals surface area contributed by atoms with E-state index in [-0.39, 0.29) is 23.3 Å². The van der Waals surface area contributed by atoms with E-state index in [4.69, 9.17) is 14.2 Å². The largest absolute Gasteiger partial charge is 0.494 e. The molecule has 1 saturated heterocycles. The number of nitrogens with zero attached hydrogens (tertiary/aromatic N) is 1. The van der Waals surface area contributed by atoms with Crippen LogP contribution in [0.2, 0.25) is 0 Å². The van der Waals surface area contributed by atoms with Gasteiger partial charge in [0.1, 0.15) is 0 Å². The summed E-state index contributed by atoms with van der Waals surface area (Å²) in [6.45, 7) is 1.92. The molecule has 116 valence electrons. The lowest BCUT2D eigenvalue weighted by atomic mass is 10.1. The van der Waals surface area contributed by atoms with Gasteiger partial charge in [0.2, 0.25) is 0 Å². The number of amides is 1. The normalized spacial score (nSPS) is 18.6. The molecule has 0 aliphatic carbocycles. The number of hydrogen-bond acceptors (Lipinski definition) is 4. The second-order valence-corrected chi connectivity index (χ2v) is 4.85. The van der Waals surface area contributed by atoms with Gasteiger partial charge in [0, 0.05) is 26.8 Å². The van der Waals surface area contributed by atoms with E-state index in [1.807, 2.05) is 0 Å². The summed E-state index contributed by atoms with van der Waals surface area (Å²) in [5.74, 6) is -0.882. The molecule has 0 radical (unpaired) electrons. The van der Waals surface area contributed by atoms with Crippen LogP contribution in [0.5, 0.6) is 5.75 Å².